The van der Waals surface area contributed by atoms with Crippen LogP contribution in [0.1, 0.15) is 0 Å². The van der Waals surface area contributed by atoms with Crippen LogP contribution in [0, 0.1) is 0 Å². The minimum Gasteiger partial charge on any atom is -0.487 e. The van der Waals surface area contributed by atoms with Crippen molar-refractivity contribution in [1.82, 2.24) is 0 Å². The summed E-state index contributed by atoms with van der Waals surface area (Å²) in [5.74, 6) is 0.0597. The monoisotopic (exact) mass is 256 g/mol. The molecule has 0 aliphatic heterocycles. The number of anilines is 1. The molecular weight excluding hydrogens is 247 g/mol. The number of rotatable bonds is 4. The molecule has 96 valence electrons. The third-order valence-electron chi connectivity index (χ3n) is 1.86. The molecule has 0 aliphatic carbocycles. The number of hydrazine groups is 1. The Morgan fingerprint density at radius 1 is 1.06 bits per heavy atom. The number of halogens is 5. The minimum absolute atomic E-state index is 0.104. The zero-order valence-corrected chi connectivity index (χ0v) is 8.39. The average Bonchev–Trinajstić information content (AvgIpc) is 2.25. The van der Waals surface area contributed by atoms with E-state index in [1.54, 1.807) is 0 Å². The Morgan fingerprint density at radius 2 is 1.59 bits per heavy atom. The fraction of sp³-hybridized carbons (Fsp3) is 0.333. The summed E-state index contributed by atoms with van der Waals surface area (Å²) >= 11 is 0. The first-order valence-electron chi connectivity index (χ1n) is 4.40. The van der Waals surface area contributed by atoms with Gasteiger partial charge in [0.2, 0.25) is 0 Å². The molecule has 17 heavy (non-hydrogen) atoms. The molecule has 0 fully saturated rings. The van der Waals surface area contributed by atoms with Gasteiger partial charge in [0, 0.05) is 5.69 Å². The first-order chi connectivity index (χ1) is 7.76. The van der Waals surface area contributed by atoms with E-state index in [2.05, 4.69) is 10.2 Å². The standard InChI is InChI=1S/C9H9F5N2O/c10-8(11,9(12,13)14)5-17-7-3-1-6(16-15)2-4-7/h1-4,16H,5,15H2. The summed E-state index contributed by atoms with van der Waals surface area (Å²) in [7, 11) is 0. The number of hydrogen-bond donors (Lipinski definition) is 2. The van der Waals surface area contributed by atoms with Crippen LogP contribution in [0.3, 0.4) is 0 Å². The van der Waals surface area contributed by atoms with Crippen LogP contribution in [0.4, 0.5) is 27.6 Å². The lowest BCUT2D eigenvalue weighted by molar-refractivity contribution is -0.290. The molecule has 0 aromatic heterocycles. The van der Waals surface area contributed by atoms with Crippen molar-refractivity contribution in [3.05, 3.63) is 24.3 Å². The van der Waals surface area contributed by atoms with Crippen molar-refractivity contribution in [2.75, 3.05) is 12.0 Å². The van der Waals surface area contributed by atoms with Crippen molar-refractivity contribution in [3.8, 4) is 5.75 Å². The second kappa shape index (κ2) is 4.74. The van der Waals surface area contributed by atoms with Gasteiger partial charge >= 0.3 is 12.1 Å². The molecule has 0 saturated heterocycles. The molecule has 3 N–H and O–H groups in total. The Kier molecular flexibility index (Phi) is 3.76. The molecule has 0 saturated carbocycles. The summed E-state index contributed by atoms with van der Waals surface area (Å²) < 4.78 is 64.7. The van der Waals surface area contributed by atoms with Crippen LogP contribution >= 0.6 is 0 Å². The second-order valence-electron chi connectivity index (χ2n) is 3.16. The molecule has 0 aliphatic rings. The molecule has 1 rings (SSSR count). The summed E-state index contributed by atoms with van der Waals surface area (Å²) in [6.45, 7) is -1.76. The predicted molar refractivity (Wildman–Crippen MR) is 50.7 cm³/mol. The molecule has 1 aromatic carbocycles. The summed E-state index contributed by atoms with van der Waals surface area (Å²) in [4.78, 5) is 0. The normalized spacial score (nSPS) is 12.4. The van der Waals surface area contributed by atoms with Gasteiger partial charge in [-0.1, -0.05) is 0 Å². The average molecular weight is 256 g/mol. The summed E-state index contributed by atoms with van der Waals surface area (Å²) in [6, 6.07) is 5.20. The molecule has 0 radical (unpaired) electrons. The molecule has 8 heteroatoms. The maximum atomic E-state index is 12.5. The van der Waals surface area contributed by atoms with Gasteiger partial charge < -0.3 is 10.2 Å². The number of benzene rings is 1. The van der Waals surface area contributed by atoms with E-state index in [0.29, 0.717) is 5.69 Å². The van der Waals surface area contributed by atoms with Crippen molar-refractivity contribution >= 4 is 5.69 Å². The Bertz CT molecular complexity index is 363. The minimum atomic E-state index is -5.62. The van der Waals surface area contributed by atoms with Crippen LogP contribution in [0.2, 0.25) is 0 Å². The van der Waals surface area contributed by atoms with E-state index in [-0.39, 0.29) is 5.75 Å². The van der Waals surface area contributed by atoms with Gasteiger partial charge in [0.05, 0.1) is 0 Å². The van der Waals surface area contributed by atoms with Crippen LogP contribution in [-0.2, 0) is 0 Å². The fourth-order valence-corrected chi connectivity index (χ4v) is 0.903. The van der Waals surface area contributed by atoms with Crippen molar-refractivity contribution in [2.24, 2.45) is 5.84 Å². The second-order valence-corrected chi connectivity index (χ2v) is 3.16. The van der Waals surface area contributed by atoms with E-state index in [0.717, 1.165) is 0 Å². The zero-order chi connectivity index (χ0) is 13.1. The Morgan fingerprint density at radius 3 is 2.00 bits per heavy atom. The largest absolute Gasteiger partial charge is 0.487 e. The number of ether oxygens (including phenoxy) is 1. The van der Waals surface area contributed by atoms with Crippen molar-refractivity contribution in [2.45, 2.75) is 12.1 Å². The molecule has 0 bridgehead atoms. The SMILES string of the molecule is NNc1ccc(OCC(F)(F)C(F)(F)F)cc1. The van der Waals surface area contributed by atoms with Gasteiger partial charge in [-0.05, 0) is 24.3 Å². The van der Waals surface area contributed by atoms with E-state index in [9.17, 15) is 22.0 Å². The lowest BCUT2D eigenvalue weighted by Crippen LogP contribution is -2.41. The Labute approximate surface area is 93.3 Å². The van der Waals surface area contributed by atoms with E-state index in [1.165, 1.54) is 24.3 Å². The Balaban J connectivity index is 2.61. The molecular formula is C9H9F5N2O. The highest BCUT2D eigenvalue weighted by Crippen LogP contribution is 2.35. The Hall–Kier alpha value is -1.57. The lowest BCUT2D eigenvalue weighted by Gasteiger charge is -2.19. The highest BCUT2D eigenvalue weighted by atomic mass is 19.4. The molecule has 0 amide bonds. The lowest BCUT2D eigenvalue weighted by atomic mass is 10.3. The summed E-state index contributed by atoms with van der Waals surface area (Å²) in [5.41, 5.74) is 2.74. The van der Waals surface area contributed by atoms with Gasteiger partial charge in [0.25, 0.3) is 0 Å². The summed E-state index contributed by atoms with van der Waals surface area (Å²) in [5, 5.41) is 0. The number of alkyl halides is 5. The fourth-order valence-electron chi connectivity index (χ4n) is 0.903. The first kappa shape index (κ1) is 13.5. The number of nitrogens with two attached hydrogens (primary N) is 1. The van der Waals surface area contributed by atoms with Crippen LogP contribution in [0.15, 0.2) is 24.3 Å². The molecule has 0 spiro atoms. The molecule has 0 heterocycles. The van der Waals surface area contributed by atoms with Gasteiger partial charge in [-0.15, -0.1) is 0 Å². The van der Waals surface area contributed by atoms with Crippen LogP contribution in [0.25, 0.3) is 0 Å². The molecule has 3 nitrogen and oxygen atoms in total. The highest BCUT2D eigenvalue weighted by Gasteiger charge is 2.58. The molecule has 1 aromatic rings. The third-order valence-corrected chi connectivity index (χ3v) is 1.86. The molecule has 0 unspecified atom stereocenters. The maximum absolute atomic E-state index is 12.5. The molecule has 0 atom stereocenters. The zero-order valence-electron chi connectivity index (χ0n) is 8.39. The first-order valence-corrected chi connectivity index (χ1v) is 4.40. The topological polar surface area (TPSA) is 47.3 Å². The van der Waals surface area contributed by atoms with Gasteiger partial charge in [-0.2, -0.15) is 22.0 Å². The van der Waals surface area contributed by atoms with Gasteiger partial charge in [-0.25, -0.2) is 0 Å². The maximum Gasteiger partial charge on any atom is 0.456 e. The number of nitrogens with one attached hydrogen (secondary N) is 1. The van der Waals surface area contributed by atoms with E-state index < -0.39 is 18.7 Å². The number of hydrogen-bond acceptors (Lipinski definition) is 3. The third kappa shape index (κ3) is 3.45. The van der Waals surface area contributed by atoms with E-state index in [4.69, 9.17) is 5.84 Å². The van der Waals surface area contributed by atoms with Crippen LogP contribution in [-0.4, -0.2) is 18.7 Å². The number of nitrogen functional groups attached to an aromatic ring is 1. The van der Waals surface area contributed by atoms with E-state index >= 15 is 0 Å². The highest BCUT2D eigenvalue weighted by molar-refractivity contribution is 5.45. The van der Waals surface area contributed by atoms with Crippen molar-refractivity contribution in [1.29, 1.82) is 0 Å². The van der Waals surface area contributed by atoms with E-state index in [1.807, 2.05) is 0 Å². The van der Waals surface area contributed by atoms with Gasteiger partial charge in [0.15, 0.2) is 6.61 Å². The van der Waals surface area contributed by atoms with Crippen LogP contribution < -0.4 is 16.0 Å². The summed E-state index contributed by atoms with van der Waals surface area (Å²) in [6.07, 6.45) is -5.62. The van der Waals surface area contributed by atoms with Crippen molar-refractivity contribution in [3.63, 3.8) is 0 Å². The predicted octanol–water partition coefficient (Wildman–Crippen LogP) is 2.55. The smallest absolute Gasteiger partial charge is 0.456 e. The van der Waals surface area contributed by atoms with Gasteiger partial charge in [0.1, 0.15) is 5.75 Å². The van der Waals surface area contributed by atoms with Gasteiger partial charge in [-0.3, -0.25) is 5.84 Å². The van der Waals surface area contributed by atoms with Crippen LogP contribution in [0.5, 0.6) is 5.75 Å². The quantitative estimate of drug-likeness (QED) is 0.494. The van der Waals surface area contributed by atoms with Crippen molar-refractivity contribution < 1.29 is 26.7 Å².